The molecular weight excluding hydrogens is 1180 g/mol. The van der Waals surface area contributed by atoms with E-state index in [1.54, 1.807) is 22.6 Å². The van der Waals surface area contributed by atoms with Crippen LogP contribution >= 0.6 is 22.6 Å². The summed E-state index contributed by atoms with van der Waals surface area (Å²) in [7, 11) is 0. The number of aliphatic hydroxyl groups is 20. The number of aliphatic hydroxyl groups excluding tert-OH is 20. The van der Waals surface area contributed by atoms with Crippen molar-refractivity contribution < 1.29 is 168 Å². The van der Waals surface area contributed by atoms with Gasteiger partial charge in [-0.1, -0.05) is 22.6 Å². The molecule has 20 N–H and O–H groups in total. The first-order chi connectivity index (χ1) is 36.7. The Kier molecular flexibility index (Phi) is 21.5. The molecule has 21 heterocycles. The summed E-state index contributed by atoms with van der Waals surface area (Å²) in [5.41, 5.74) is 0. The molecular formula is C42H69IO34. The van der Waals surface area contributed by atoms with Gasteiger partial charge in [-0.25, -0.2) is 0 Å². The Morgan fingerprint density at radius 3 is 0.455 bits per heavy atom. The van der Waals surface area contributed by atoms with E-state index in [4.69, 9.17) is 66.3 Å². The van der Waals surface area contributed by atoms with Gasteiger partial charge in [0.05, 0.1) is 45.7 Å². The van der Waals surface area contributed by atoms with Crippen molar-refractivity contribution in [3.8, 4) is 0 Å². The van der Waals surface area contributed by atoms with Crippen LogP contribution in [0.2, 0.25) is 0 Å². The molecule has 0 aromatic heterocycles. The topological polar surface area (TPSA) is 534 Å². The number of hydrogen-bond donors (Lipinski definition) is 20. The summed E-state index contributed by atoms with van der Waals surface area (Å²) in [6.45, 7) is -6.12. The van der Waals surface area contributed by atoms with E-state index in [1.165, 1.54) is 0 Å². The Balaban J connectivity index is 1.08. The molecule has 448 valence electrons. The Bertz CT molecular complexity index is 1470. The maximum atomic E-state index is 11.4. The highest BCUT2D eigenvalue weighted by Crippen LogP contribution is 2.39. The van der Waals surface area contributed by atoms with Gasteiger partial charge in [-0.2, -0.15) is 0 Å². The zero-order valence-electron chi connectivity index (χ0n) is 40.2. The fourth-order valence-electron chi connectivity index (χ4n) is 10.4. The van der Waals surface area contributed by atoms with Crippen LogP contribution in [0, 0.1) is 0 Å². The van der Waals surface area contributed by atoms with E-state index >= 15 is 0 Å². The van der Waals surface area contributed by atoms with Crippen LogP contribution in [0.4, 0.5) is 0 Å². The van der Waals surface area contributed by atoms with Crippen LogP contribution in [0.25, 0.3) is 0 Å². The second kappa shape index (κ2) is 26.5. The summed E-state index contributed by atoms with van der Waals surface area (Å²) in [5.74, 6) is 0. The first kappa shape index (κ1) is 62.4. The van der Waals surface area contributed by atoms with E-state index in [9.17, 15) is 102 Å². The highest BCUT2D eigenvalue weighted by atomic mass is 127. The van der Waals surface area contributed by atoms with Crippen LogP contribution in [-0.4, -0.2) is 361 Å². The monoisotopic (exact) mass is 1240 g/mol. The highest BCUT2D eigenvalue weighted by molar-refractivity contribution is 14.1. The van der Waals surface area contributed by atoms with E-state index in [1.807, 2.05) is 0 Å². The fraction of sp³-hybridized carbons (Fsp3) is 1.00. The van der Waals surface area contributed by atoms with Crippen LogP contribution in [0.5, 0.6) is 0 Å². The molecule has 21 fully saturated rings. The Hall–Kier alpha value is -0.630. The van der Waals surface area contributed by atoms with Gasteiger partial charge in [0.25, 0.3) is 0 Å². The van der Waals surface area contributed by atoms with Gasteiger partial charge in [-0.15, -0.1) is 0 Å². The molecule has 35 heteroatoms. The van der Waals surface area contributed by atoms with E-state index in [0.29, 0.717) is 0 Å². The molecule has 0 unspecified atom stereocenters. The predicted octanol–water partition coefficient (Wildman–Crippen LogP) is -13.8. The molecule has 14 bridgehead atoms. The van der Waals surface area contributed by atoms with Crippen molar-refractivity contribution in [3.63, 3.8) is 0 Å². The normalized spacial score (nSPS) is 55.4. The van der Waals surface area contributed by atoms with Gasteiger partial charge < -0.3 is 168 Å². The zero-order valence-corrected chi connectivity index (χ0v) is 42.4. The summed E-state index contributed by atoms with van der Waals surface area (Å²) in [6.07, 6.45) is -68.2. The van der Waals surface area contributed by atoms with Crippen molar-refractivity contribution >= 4 is 22.6 Å². The summed E-state index contributed by atoms with van der Waals surface area (Å²) in [6, 6.07) is 0. The average molecular weight is 1240 g/mol. The minimum Gasteiger partial charge on any atom is -0.394 e. The van der Waals surface area contributed by atoms with Gasteiger partial charge in [0.2, 0.25) is 0 Å². The molecule has 77 heavy (non-hydrogen) atoms. The lowest BCUT2D eigenvalue weighted by Crippen LogP contribution is -2.68. The quantitative estimate of drug-likeness (QED) is 0.0831. The molecule has 0 aromatic rings. The zero-order chi connectivity index (χ0) is 56.1. The first-order valence-corrected chi connectivity index (χ1v) is 26.1. The van der Waals surface area contributed by atoms with Gasteiger partial charge in [0, 0.05) is 4.43 Å². The maximum absolute atomic E-state index is 11.4. The van der Waals surface area contributed by atoms with E-state index in [0.717, 1.165) is 0 Å². The van der Waals surface area contributed by atoms with Gasteiger partial charge in [-0.05, 0) is 0 Å². The molecule has 21 aliphatic rings. The highest BCUT2D eigenvalue weighted by Gasteiger charge is 2.59. The Morgan fingerprint density at radius 1 is 0.195 bits per heavy atom. The summed E-state index contributed by atoms with van der Waals surface area (Å²) >= 11 is 1.80. The lowest BCUT2D eigenvalue weighted by atomic mass is 9.95. The number of ether oxygens (including phenoxy) is 14. The van der Waals surface area contributed by atoms with E-state index < -0.39 is 255 Å². The third-order valence-electron chi connectivity index (χ3n) is 14.8. The molecule has 0 radical (unpaired) electrons. The second-order valence-corrected chi connectivity index (χ2v) is 20.5. The summed E-state index contributed by atoms with van der Waals surface area (Å²) in [4.78, 5) is 0. The van der Waals surface area contributed by atoms with E-state index in [-0.39, 0.29) is 4.43 Å². The fourth-order valence-corrected chi connectivity index (χ4v) is 11.1. The lowest BCUT2D eigenvalue weighted by molar-refractivity contribution is -0.396. The molecule has 35 atom stereocenters. The average Bonchev–Trinajstić information content (AvgIpc) is 3.45. The van der Waals surface area contributed by atoms with Crippen LogP contribution in [0.15, 0.2) is 0 Å². The van der Waals surface area contributed by atoms with Gasteiger partial charge in [0.15, 0.2) is 44.0 Å². The van der Waals surface area contributed by atoms with Gasteiger partial charge in [-0.3, -0.25) is 0 Å². The third-order valence-corrected chi connectivity index (χ3v) is 15.6. The first-order valence-electron chi connectivity index (χ1n) is 24.6. The number of rotatable bonds is 7. The van der Waals surface area contributed by atoms with Crippen molar-refractivity contribution in [2.45, 2.75) is 215 Å². The SMILES string of the molecule is OC[C@@H]1O[C@@H]2O[C@H]3[C@H](O)[C@@H](O)[C@@H](O[C@H]4[C@@H](O)[C@H](O)[C@@H](O[C@H]5[C@@H](O)[C@H](O)[C@@H](O[C@H]6[C@H](O)[C@@H](O)[C@@H](O[C@H]7[C@H](O)[C@@H](O)[C@@H](O[C@H]8[C@H](O)[C@@H](O)[C@@H](O[C@H]1[C@H](O)[C@H]2O)O[C@@H]8CO)O[C@@H]7CO)O[C@@H]6CO)O[C@@H]5CO)O[C@@H]4CO)O[C@@H]3CI. The van der Waals surface area contributed by atoms with Crippen molar-refractivity contribution in [2.75, 3.05) is 44.1 Å². The molecule has 21 rings (SSSR count). The van der Waals surface area contributed by atoms with E-state index in [2.05, 4.69) is 0 Å². The van der Waals surface area contributed by atoms with Crippen molar-refractivity contribution in [2.24, 2.45) is 0 Å². The molecule has 34 nitrogen and oxygen atoms in total. The summed E-state index contributed by atoms with van der Waals surface area (Å²) in [5, 5.41) is 221. The molecule has 0 aliphatic carbocycles. The Labute approximate surface area is 448 Å². The molecule has 0 aromatic carbocycles. The molecule has 0 saturated carbocycles. The molecule has 0 amide bonds. The summed E-state index contributed by atoms with van der Waals surface area (Å²) < 4.78 is 80.2. The maximum Gasteiger partial charge on any atom is 0.187 e. The third kappa shape index (κ3) is 12.3. The largest absolute Gasteiger partial charge is 0.394 e. The van der Waals surface area contributed by atoms with Gasteiger partial charge in [0.1, 0.15) is 165 Å². The van der Waals surface area contributed by atoms with Crippen molar-refractivity contribution in [3.05, 3.63) is 0 Å². The number of halogens is 1. The number of alkyl halides is 1. The molecule has 21 aliphatic heterocycles. The van der Waals surface area contributed by atoms with Crippen molar-refractivity contribution in [1.29, 1.82) is 0 Å². The van der Waals surface area contributed by atoms with Gasteiger partial charge >= 0.3 is 0 Å². The predicted molar refractivity (Wildman–Crippen MR) is 240 cm³/mol. The minimum atomic E-state index is -2.20. The number of hydrogen-bond acceptors (Lipinski definition) is 34. The van der Waals surface area contributed by atoms with Crippen LogP contribution in [0.1, 0.15) is 0 Å². The standard InChI is InChI=1S/C42H69IO34/c43-1-8-29-15(50)22(57)36(64-8)72-30-9(2-44)66-38(24(59)17(30)52)74-32-11(4-46)68-40(26(61)19(32)54)76-34-13(6-48)70-42(28(63)21(34)56)77-35-14(7-49)69-41(27(62)20(35)55)75-33-12(5-47)67-39(25(60)18(33)53)73-31-10(3-45)65-37(71-29)23(58)16(31)51/h8-42,44-63H,1-7H2/t8-,9-,10+,11-,12-,13-,14-,15-,16-,17+,18-,19+,20-,21-,22-,23-,24+,25-,26+,27-,28-,29-,30-,31-,32-,33-,34-,35-,36-,37-,38-,39-,40-,41-,42-/m1/s1. The van der Waals surface area contributed by atoms with Crippen LogP contribution < -0.4 is 0 Å². The lowest BCUT2D eigenvalue weighted by Gasteiger charge is -2.50. The molecule has 21 saturated heterocycles. The Morgan fingerprint density at radius 2 is 0.325 bits per heavy atom. The molecule has 0 spiro atoms. The minimum absolute atomic E-state index is 0.0768. The van der Waals surface area contributed by atoms with Crippen LogP contribution in [0.3, 0.4) is 0 Å². The smallest absolute Gasteiger partial charge is 0.187 e. The van der Waals surface area contributed by atoms with Crippen LogP contribution in [-0.2, 0) is 66.3 Å². The second-order valence-electron chi connectivity index (χ2n) is 19.6. The van der Waals surface area contributed by atoms with Crippen molar-refractivity contribution in [1.82, 2.24) is 0 Å².